The number of hydrogen-bond donors (Lipinski definition) is 0. The first-order valence-corrected chi connectivity index (χ1v) is 27.2. The third-order valence-electron chi connectivity index (χ3n) is 8.61. The third-order valence-corrected chi connectivity index (χ3v) is 40.1. The van der Waals surface area contributed by atoms with Gasteiger partial charge in [0.15, 0.2) is 0 Å². The molecular weight excluding hydrogens is 639 g/mol. The predicted octanol–water partition coefficient (Wildman–Crippen LogP) is 9.86. The van der Waals surface area contributed by atoms with Crippen LogP contribution in [-0.2, 0) is 20.6 Å². The van der Waals surface area contributed by atoms with Crippen molar-refractivity contribution in [1.82, 2.24) is 0 Å². The normalized spacial score (nSPS) is 17.8. The molecule has 0 aliphatic heterocycles. The van der Waals surface area contributed by atoms with Crippen molar-refractivity contribution >= 4 is 18.1 Å². The average Bonchev–Trinajstić information content (AvgIpc) is 3.41. The molecular formula is C36H37HfSi. The van der Waals surface area contributed by atoms with E-state index < -0.39 is 26.6 Å². The van der Waals surface area contributed by atoms with Crippen molar-refractivity contribution < 1.29 is 20.6 Å². The molecule has 4 aromatic rings. The number of rotatable bonds is 5. The second-order valence-electron chi connectivity index (χ2n) is 11.6. The van der Waals surface area contributed by atoms with Crippen LogP contribution >= 0.6 is 0 Å². The SMILES string of the molecule is CC1=Cc2c(-c3ccc(C)cc3)cccc2[CH]1[Hf]([CH]1C(C)=Cc2c(-c3ccc(C)cc3)cccc21)[SiH](C)C. The Morgan fingerprint density at radius 3 is 1.29 bits per heavy atom. The summed E-state index contributed by atoms with van der Waals surface area (Å²) in [5.41, 5.74) is 17.6. The van der Waals surface area contributed by atoms with Crippen molar-refractivity contribution in [3.8, 4) is 22.3 Å². The summed E-state index contributed by atoms with van der Waals surface area (Å²) in [5.74, 6) is -0.848. The number of aryl methyl sites for hydroxylation is 2. The molecule has 0 nitrogen and oxygen atoms in total. The van der Waals surface area contributed by atoms with E-state index in [2.05, 4.69) is 138 Å². The van der Waals surface area contributed by atoms with E-state index in [-0.39, 0.29) is 0 Å². The topological polar surface area (TPSA) is 0 Å². The molecule has 0 fully saturated rings. The Balaban J connectivity index is 1.45. The van der Waals surface area contributed by atoms with Crippen LogP contribution in [0.5, 0.6) is 0 Å². The fraction of sp³-hybridized carbons (Fsp3) is 0.222. The number of benzene rings is 4. The molecule has 2 atom stereocenters. The van der Waals surface area contributed by atoms with Crippen LogP contribution < -0.4 is 0 Å². The Morgan fingerprint density at radius 1 is 0.526 bits per heavy atom. The van der Waals surface area contributed by atoms with Crippen LogP contribution in [0.2, 0.25) is 13.1 Å². The molecule has 2 aliphatic rings. The van der Waals surface area contributed by atoms with Gasteiger partial charge in [-0.15, -0.1) is 0 Å². The van der Waals surface area contributed by atoms with Crippen molar-refractivity contribution in [3.63, 3.8) is 0 Å². The molecule has 189 valence electrons. The van der Waals surface area contributed by atoms with E-state index in [4.69, 9.17) is 0 Å². The van der Waals surface area contributed by atoms with Crippen molar-refractivity contribution in [2.45, 2.75) is 48.1 Å². The van der Waals surface area contributed by atoms with Crippen molar-refractivity contribution in [2.75, 3.05) is 0 Å². The summed E-state index contributed by atoms with van der Waals surface area (Å²) >= 11 is -2.25. The fourth-order valence-corrected chi connectivity index (χ4v) is 39.7. The van der Waals surface area contributed by atoms with Crippen LogP contribution in [0.1, 0.15) is 54.6 Å². The molecule has 0 heterocycles. The predicted molar refractivity (Wildman–Crippen MR) is 165 cm³/mol. The second-order valence-corrected chi connectivity index (χ2v) is 39.6. The van der Waals surface area contributed by atoms with Gasteiger partial charge in [0, 0.05) is 0 Å². The Hall–Kier alpha value is -2.55. The molecule has 0 amide bonds. The Kier molecular flexibility index (Phi) is 6.91. The molecule has 2 unspecified atom stereocenters. The van der Waals surface area contributed by atoms with Gasteiger partial charge in [-0.25, -0.2) is 0 Å². The van der Waals surface area contributed by atoms with E-state index in [1.807, 2.05) is 0 Å². The monoisotopic (exact) mass is 677 g/mol. The maximum atomic E-state index is 2.66. The van der Waals surface area contributed by atoms with Crippen LogP contribution in [0.15, 0.2) is 96.1 Å². The molecule has 2 aliphatic carbocycles. The van der Waals surface area contributed by atoms with E-state index in [1.54, 1.807) is 22.3 Å². The first-order valence-electron chi connectivity index (χ1n) is 14.0. The van der Waals surface area contributed by atoms with Gasteiger partial charge in [-0.2, -0.15) is 0 Å². The molecule has 0 bridgehead atoms. The summed E-state index contributed by atoms with van der Waals surface area (Å²) in [7, 11) is 0. The van der Waals surface area contributed by atoms with Crippen molar-refractivity contribution in [1.29, 1.82) is 0 Å². The van der Waals surface area contributed by atoms with Crippen LogP contribution in [0.25, 0.3) is 34.4 Å². The zero-order chi connectivity index (χ0) is 26.6. The van der Waals surface area contributed by atoms with E-state index in [0.29, 0.717) is 7.35 Å². The van der Waals surface area contributed by atoms with Gasteiger partial charge in [0.25, 0.3) is 0 Å². The number of hydrogen-bond acceptors (Lipinski definition) is 0. The van der Waals surface area contributed by atoms with Gasteiger partial charge in [0.05, 0.1) is 0 Å². The molecule has 0 spiro atoms. The third kappa shape index (κ3) is 4.40. The Bertz CT molecular complexity index is 1450. The average molecular weight is 676 g/mol. The summed E-state index contributed by atoms with van der Waals surface area (Å²) in [6.45, 7) is 14.5. The first-order chi connectivity index (χ1) is 18.3. The van der Waals surface area contributed by atoms with E-state index in [1.165, 1.54) is 44.5 Å². The standard InChI is InChI=1S/2C17H15.C2H7Si.Hf/c2*1-12-6-8-14(9-7-12)16-5-3-4-15-10-13(2)11-17(15)16;1-3-2;/h2*3-11H,1-2H3;3H,1-2H3;. The summed E-state index contributed by atoms with van der Waals surface area (Å²) in [6, 6.07) is 32.4. The van der Waals surface area contributed by atoms with E-state index in [9.17, 15) is 0 Å². The number of fused-ring (bicyclic) bond motifs is 2. The van der Waals surface area contributed by atoms with Crippen molar-refractivity contribution in [2.24, 2.45) is 0 Å². The summed E-state index contributed by atoms with van der Waals surface area (Å²) < 4.78 is 1.38. The van der Waals surface area contributed by atoms with Gasteiger partial charge in [-0.1, -0.05) is 0 Å². The molecule has 6 rings (SSSR count). The molecule has 0 aromatic heterocycles. The van der Waals surface area contributed by atoms with Crippen molar-refractivity contribution in [3.05, 3.63) is 129 Å². The summed E-state index contributed by atoms with van der Waals surface area (Å²) in [6.07, 6.45) is 5.10. The summed E-state index contributed by atoms with van der Waals surface area (Å²) in [4.78, 5) is 0. The van der Waals surface area contributed by atoms with Gasteiger partial charge < -0.3 is 0 Å². The Morgan fingerprint density at radius 2 is 0.921 bits per heavy atom. The van der Waals surface area contributed by atoms with E-state index in [0.717, 1.165) is 0 Å². The van der Waals surface area contributed by atoms with Crippen LogP contribution in [-0.4, -0.2) is 5.98 Å². The van der Waals surface area contributed by atoms with Gasteiger partial charge in [0.2, 0.25) is 0 Å². The zero-order valence-corrected chi connectivity index (χ0v) is 28.2. The second kappa shape index (κ2) is 10.2. The molecule has 0 saturated carbocycles. The Labute approximate surface area is 237 Å². The van der Waals surface area contributed by atoms with Gasteiger partial charge in [-0.3, -0.25) is 0 Å². The molecule has 4 aromatic carbocycles. The molecule has 2 heteroatoms. The van der Waals surface area contributed by atoms with E-state index >= 15 is 0 Å². The van der Waals surface area contributed by atoms with Gasteiger partial charge in [-0.05, 0) is 0 Å². The minimum absolute atomic E-state index is 0.689. The van der Waals surface area contributed by atoms with Crippen LogP contribution in [0.3, 0.4) is 0 Å². The molecule has 38 heavy (non-hydrogen) atoms. The molecule has 0 saturated heterocycles. The van der Waals surface area contributed by atoms with Crippen LogP contribution in [0, 0.1) is 13.8 Å². The van der Waals surface area contributed by atoms with Gasteiger partial charge >= 0.3 is 239 Å². The maximum absolute atomic E-state index is 2.66. The quantitative estimate of drug-likeness (QED) is 0.185. The summed E-state index contributed by atoms with van der Waals surface area (Å²) in [5, 5.41) is 0. The van der Waals surface area contributed by atoms with Crippen LogP contribution in [0.4, 0.5) is 0 Å². The first kappa shape index (κ1) is 25.7. The minimum atomic E-state index is -2.25. The zero-order valence-electron chi connectivity index (χ0n) is 23.5. The fourth-order valence-electron chi connectivity index (χ4n) is 6.79. The molecule has 0 radical (unpaired) electrons. The van der Waals surface area contributed by atoms with Gasteiger partial charge in [0.1, 0.15) is 0 Å². The number of allylic oxidation sites excluding steroid dienone is 2. The molecule has 0 N–H and O–H groups in total.